The van der Waals surface area contributed by atoms with E-state index < -0.39 is 8.32 Å². The van der Waals surface area contributed by atoms with Crippen molar-refractivity contribution in [2.75, 3.05) is 0 Å². The Kier molecular flexibility index (Phi) is 11.7. The molecule has 0 saturated carbocycles. The van der Waals surface area contributed by atoms with Crippen LogP contribution in [0.3, 0.4) is 0 Å². The summed E-state index contributed by atoms with van der Waals surface area (Å²) < 4.78 is 0. The first-order valence-electron chi connectivity index (χ1n) is 15.1. The second-order valence-corrected chi connectivity index (χ2v) is 14.3. The number of aryl methyl sites for hydroxylation is 4. The van der Waals surface area contributed by atoms with E-state index in [1.165, 1.54) is 0 Å². The topological polar surface area (TPSA) is 95.0 Å². The van der Waals surface area contributed by atoms with E-state index in [2.05, 4.69) is 9.97 Å². The van der Waals surface area contributed by atoms with Crippen molar-refractivity contribution in [1.82, 2.24) is 9.97 Å². The second-order valence-electron chi connectivity index (χ2n) is 11.2. The number of pyridine rings is 2. The number of nitrogens with zero attached hydrogens (tertiary/aromatic N) is 2. The SMILES string of the molecule is Cc1cc(C)c2cccc([O-])c2n1.Cc1cc(C)c2cccc([O-])c2n1.[Al+3].[O-][Si](c1ccccc1)(c1ccccc1)c1ccccc1. The van der Waals surface area contributed by atoms with Gasteiger partial charge in [-0.3, -0.25) is 9.97 Å². The standard InChI is InChI=1S/C18H15OSi.2C11H11NO.Al/c19-20(16-10-4-1-5-11-16,17-12-6-2-7-13-17)18-14-8-3-9-15-18;2*1-7-6-8(2)12-11-9(7)4-3-5-10(11)13;/h1-15H;2*3-6,13H,1-2H3;/q-1;;;+3/p-2. The van der Waals surface area contributed by atoms with Crippen molar-refractivity contribution in [3.63, 3.8) is 0 Å². The Hall–Kier alpha value is -4.77. The maximum Gasteiger partial charge on any atom is 3.00 e. The van der Waals surface area contributed by atoms with E-state index in [1.54, 1.807) is 24.3 Å². The van der Waals surface area contributed by atoms with Crippen molar-refractivity contribution >= 4 is 63.0 Å². The van der Waals surface area contributed by atoms with Gasteiger partial charge in [0.05, 0.1) is 19.4 Å². The van der Waals surface area contributed by atoms with Gasteiger partial charge in [-0.1, -0.05) is 154 Å². The zero-order chi connectivity index (χ0) is 32.7. The minimum atomic E-state index is -3.13. The third kappa shape index (κ3) is 7.97. The molecule has 0 N–H and O–H groups in total. The zero-order valence-corrected chi connectivity index (χ0v) is 29.1. The normalized spacial score (nSPS) is 10.7. The van der Waals surface area contributed by atoms with Crippen LogP contribution in [0.2, 0.25) is 0 Å². The molecule has 2 heterocycles. The molecule has 0 unspecified atom stereocenters. The number of para-hydroxylation sites is 2. The summed E-state index contributed by atoms with van der Waals surface area (Å²) >= 11 is 0. The van der Waals surface area contributed by atoms with E-state index >= 15 is 0 Å². The summed E-state index contributed by atoms with van der Waals surface area (Å²) in [6.07, 6.45) is 0. The molecule has 7 heteroatoms. The average molecular weight is 647 g/mol. The number of rotatable bonds is 3. The van der Waals surface area contributed by atoms with Gasteiger partial charge in [-0.2, -0.15) is 0 Å². The molecule has 2 aromatic heterocycles. The molecular formula is C40H35AlN2O3Si. The minimum absolute atomic E-state index is 0. The first kappa shape index (κ1) is 35.1. The molecule has 7 aromatic rings. The molecule has 230 valence electrons. The Bertz CT molecular complexity index is 1890. The molecule has 0 bridgehead atoms. The number of benzene rings is 5. The molecule has 0 aliphatic rings. The van der Waals surface area contributed by atoms with Gasteiger partial charge >= 0.3 is 17.4 Å². The van der Waals surface area contributed by atoms with Crippen LogP contribution >= 0.6 is 0 Å². The van der Waals surface area contributed by atoms with Gasteiger partial charge in [0.25, 0.3) is 0 Å². The quantitative estimate of drug-likeness (QED) is 0.209. The molecular weight excluding hydrogens is 612 g/mol. The predicted octanol–water partition coefficient (Wildman–Crippen LogP) is 4.48. The number of fused-ring (bicyclic) bond motifs is 2. The van der Waals surface area contributed by atoms with Crippen LogP contribution < -0.4 is 30.6 Å². The van der Waals surface area contributed by atoms with Crippen molar-refractivity contribution in [3.8, 4) is 11.5 Å². The monoisotopic (exact) mass is 646 g/mol. The Morgan fingerprint density at radius 2 is 0.766 bits per heavy atom. The van der Waals surface area contributed by atoms with Crippen molar-refractivity contribution in [1.29, 1.82) is 0 Å². The molecule has 5 nitrogen and oxygen atoms in total. The van der Waals surface area contributed by atoms with Crippen LogP contribution in [0.4, 0.5) is 0 Å². The van der Waals surface area contributed by atoms with Gasteiger partial charge < -0.3 is 15.0 Å². The van der Waals surface area contributed by atoms with Gasteiger partial charge in [0, 0.05) is 22.2 Å². The van der Waals surface area contributed by atoms with E-state index in [1.807, 2.05) is 143 Å². The minimum Gasteiger partial charge on any atom is -0.871 e. The molecule has 5 aromatic carbocycles. The summed E-state index contributed by atoms with van der Waals surface area (Å²) in [5.74, 6) is 0.00796. The molecule has 0 saturated heterocycles. The third-order valence-electron chi connectivity index (χ3n) is 7.82. The molecule has 7 rings (SSSR count). The second kappa shape index (κ2) is 15.7. The van der Waals surface area contributed by atoms with Gasteiger partial charge in [0.2, 0.25) is 0 Å². The van der Waals surface area contributed by atoms with Crippen LogP contribution in [0.15, 0.2) is 140 Å². The molecule has 0 aliphatic heterocycles. The third-order valence-corrected chi connectivity index (χ3v) is 11.3. The fourth-order valence-electron chi connectivity index (χ4n) is 5.63. The first-order valence-corrected chi connectivity index (χ1v) is 17.0. The summed E-state index contributed by atoms with van der Waals surface area (Å²) in [5, 5.41) is 27.5. The Morgan fingerprint density at radius 3 is 1.09 bits per heavy atom. The van der Waals surface area contributed by atoms with Crippen LogP contribution in [0, 0.1) is 27.7 Å². The maximum atomic E-state index is 13.8. The number of hydrogen-bond donors (Lipinski definition) is 0. The molecule has 47 heavy (non-hydrogen) atoms. The smallest absolute Gasteiger partial charge is 0.871 e. The number of aromatic nitrogens is 2. The first-order chi connectivity index (χ1) is 22.2. The van der Waals surface area contributed by atoms with E-state index in [4.69, 9.17) is 0 Å². The van der Waals surface area contributed by atoms with Crippen molar-refractivity contribution < 1.29 is 15.0 Å². The molecule has 0 fully saturated rings. The summed E-state index contributed by atoms with van der Waals surface area (Å²) in [6.45, 7) is 7.80. The van der Waals surface area contributed by atoms with Gasteiger partial charge in [-0.05, 0) is 51.0 Å². The van der Waals surface area contributed by atoms with Crippen LogP contribution in [0.5, 0.6) is 11.5 Å². The molecule has 0 amide bonds. The van der Waals surface area contributed by atoms with Gasteiger partial charge in [0.1, 0.15) is 0 Å². The Balaban J connectivity index is 0.000000164. The van der Waals surface area contributed by atoms with Gasteiger partial charge in [0.15, 0.2) is 0 Å². The van der Waals surface area contributed by atoms with Crippen LogP contribution in [0.25, 0.3) is 21.8 Å². The van der Waals surface area contributed by atoms with Gasteiger partial charge in [-0.25, -0.2) is 0 Å². The number of hydrogen-bond acceptors (Lipinski definition) is 5. The summed E-state index contributed by atoms with van der Waals surface area (Å²) in [5.41, 5.74) is 5.18. The maximum absolute atomic E-state index is 13.8. The van der Waals surface area contributed by atoms with Crippen LogP contribution in [0.1, 0.15) is 22.5 Å². The van der Waals surface area contributed by atoms with E-state index in [0.717, 1.165) is 48.8 Å². The Labute approximate surface area is 288 Å². The van der Waals surface area contributed by atoms with E-state index in [9.17, 15) is 15.0 Å². The van der Waals surface area contributed by atoms with Crippen LogP contribution in [-0.2, 0) is 0 Å². The fraction of sp³-hybridized carbons (Fsp3) is 0.100. The summed E-state index contributed by atoms with van der Waals surface area (Å²) in [7, 11) is -3.13. The molecule has 0 spiro atoms. The molecule has 0 radical (unpaired) electrons. The van der Waals surface area contributed by atoms with Crippen molar-refractivity contribution in [2.24, 2.45) is 0 Å². The zero-order valence-electron chi connectivity index (χ0n) is 27.0. The van der Waals surface area contributed by atoms with Crippen LogP contribution in [-0.4, -0.2) is 35.6 Å². The predicted molar refractivity (Wildman–Crippen MR) is 191 cm³/mol. The fourth-order valence-corrected chi connectivity index (χ4v) is 8.62. The van der Waals surface area contributed by atoms with Crippen molar-refractivity contribution in [2.45, 2.75) is 27.7 Å². The molecule has 0 atom stereocenters. The van der Waals surface area contributed by atoms with Crippen molar-refractivity contribution in [3.05, 3.63) is 162 Å². The summed E-state index contributed by atoms with van der Waals surface area (Å²) in [6, 6.07) is 43.8. The van der Waals surface area contributed by atoms with E-state index in [0.29, 0.717) is 11.0 Å². The Morgan fingerprint density at radius 1 is 0.447 bits per heavy atom. The van der Waals surface area contributed by atoms with Gasteiger partial charge in [-0.15, -0.1) is 0 Å². The largest absolute Gasteiger partial charge is 3.00 e. The molecule has 0 aliphatic carbocycles. The van der Waals surface area contributed by atoms with E-state index in [-0.39, 0.29) is 28.9 Å². The summed E-state index contributed by atoms with van der Waals surface area (Å²) in [4.78, 5) is 22.3. The average Bonchev–Trinajstić information content (AvgIpc) is 3.07.